The van der Waals surface area contributed by atoms with Crippen LogP contribution in [0.3, 0.4) is 0 Å². The third kappa shape index (κ3) is 26.1. The van der Waals surface area contributed by atoms with Crippen molar-refractivity contribution in [1.82, 2.24) is 52.5 Å². The number of amides is 7. The quantitative estimate of drug-likeness (QED) is 0.0200. The van der Waals surface area contributed by atoms with Crippen molar-refractivity contribution in [1.29, 1.82) is 0 Å². The molecule has 0 aliphatic carbocycles. The molecule has 7 amide bonds. The van der Waals surface area contributed by atoms with Gasteiger partial charge in [-0.2, -0.15) is 0 Å². The third-order valence-electron chi connectivity index (χ3n) is 15.2. The number of nitrogens with one attached hydrogen (secondary N) is 10. The largest absolute Gasteiger partial charge is 0.542 e. The standard InChI is InChI=1S/C62H95N10O8.Y/c1-39(2)51(63-10)24-31-57(75)67-42(7)19-26-60(78)70-48(36-46-38-65-55-18-14-12-16-50(46)55)23-30-62(80)71-52(40(3)4)25-32-58(76)68-43(8)20-27-59(77)69-47(35-45-37-64-54-17-13-11-15-49(45)54)22-29-56(74)66-44(9)21-28-61(79)72-53(33-34-73)41(5)6;/h11-18,37-44,47-48,51-53,63-65H,19-33,35-36H2,1-10H3,(H,66,74)(H,67,75)(H,68,76)(H,69,77)(H,70,78)(H,71,80)(H,72,79);/q-1;/t42-,43-,44-,47+,48+,51+,52+,53+;/m0./s1. The topological polar surface area (TPSA) is 264 Å². The average Bonchev–Trinajstić information content (AvgIpc) is 4.11. The molecule has 445 valence electrons. The summed E-state index contributed by atoms with van der Waals surface area (Å²) in [6, 6.07) is 14.1. The number of H-pyrrole nitrogens is 2. The molecule has 4 rings (SSSR count). The molecule has 0 saturated carbocycles. The summed E-state index contributed by atoms with van der Waals surface area (Å²) in [5.41, 5.74) is 4.01. The fraction of sp³-hybridized carbons (Fsp3) is 0.613. The van der Waals surface area contributed by atoms with Crippen LogP contribution in [0.5, 0.6) is 0 Å². The van der Waals surface area contributed by atoms with E-state index in [4.69, 9.17) is 0 Å². The van der Waals surface area contributed by atoms with E-state index in [1.807, 2.05) is 123 Å². The van der Waals surface area contributed by atoms with Gasteiger partial charge in [-0.05, 0) is 127 Å². The molecule has 0 saturated heterocycles. The summed E-state index contributed by atoms with van der Waals surface area (Å²) in [5, 5.41) is 26.8. The van der Waals surface area contributed by atoms with Gasteiger partial charge in [0.15, 0.2) is 0 Å². The maximum absolute atomic E-state index is 13.6. The Kier molecular flexibility index (Phi) is 31.8. The molecule has 8 atom stereocenters. The normalized spacial score (nSPS) is 14.4. The molecule has 1 radical (unpaired) electrons. The number of fused-ring (bicyclic) bond motifs is 2. The van der Waals surface area contributed by atoms with Crippen molar-refractivity contribution in [3.05, 3.63) is 72.1 Å². The first-order chi connectivity index (χ1) is 38.1. The summed E-state index contributed by atoms with van der Waals surface area (Å²) in [5.74, 6) is -0.566. The first-order valence-corrected chi connectivity index (χ1v) is 29.3. The molecule has 0 aliphatic heterocycles. The molecule has 2 aromatic heterocycles. The van der Waals surface area contributed by atoms with Gasteiger partial charge in [0.25, 0.3) is 0 Å². The Bertz CT molecular complexity index is 2600. The molecular weight excluding hydrogens is 1100 g/mol. The van der Waals surface area contributed by atoms with E-state index in [9.17, 15) is 38.4 Å². The summed E-state index contributed by atoms with van der Waals surface area (Å²) in [4.78, 5) is 110. The second kappa shape index (κ2) is 36.9. The Morgan fingerprint density at radius 1 is 0.420 bits per heavy atom. The second-order valence-corrected chi connectivity index (χ2v) is 23.2. The van der Waals surface area contributed by atoms with Crippen molar-refractivity contribution in [2.75, 3.05) is 7.05 Å². The molecular formula is C62H95N10O8Y-. The molecule has 19 heteroatoms. The van der Waals surface area contributed by atoms with Crippen LogP contribution in [-0.4, -0.2) is 113 Å². The molecule has 0 fully saturated rings. The number of hydrogen-bond acceptors (Lipinski definition) is 9. The van der Waals surface area contributed by atoms with Gasteiger partial charge in [-0.1, -0.05) is 77.9 Å². The van der Waals surface area contributed by atoms with Crippen molar-refractivity contribution in [3.63, 3.8) is 0 Å². The van der Waals surface area contributed by atoms with Crippen LogP contribution in [0.1, 0.15) is 170 Å². The maximum atomic E-state index is 13.6. The second-order valence-electron chi connectivity index (χ2n) is 23.2. The van der Waals surface area contributed by atoms with Crippen LogP contribution < -0.4 is 42.5 Å². The fourth-order valence-corrected chi connectivity index (χ4v) is 10.2. The van der Waals surface area contributed by atoms with Gasteiger partial charge in [-0.25, -0.2) is 0 Å². The molecule has 0 unspecified atom stereocenters. The molecule has 2 aromatic carbocycles. The van der Waals surface area contributed by atoms with Crippen LogP contribution in [0.25, 0.3) is 21.8 Å². The van der Waals surface area contributed by atoms with E-state index in [2.05, 4.69) is 66.3 Å². The first kappa shape index (κ1) is 69.8. The monoisotopic (exact) mass is 1200 g/mol. The van der Waals surface area contributed by atoms with Gasteiger partial charge in [0.1, 0.15) is 0 Å². The minimum Gasteiger partial charge on any atom is -0.542 e. The summed E-state index contributed by atoms with van der Waals surface area (Å²) < 4.78 is 0. The van der Waals surface area contributed by atoms with E-state index >= 15 is 0 Å². The zero-order chi connectivity index (χ0) is 58.7. The zero-order valence-corrected chi connectivity index (χ0v) is 52.8. The van der Waals surface area contributed by atoms with E-state index < -0.39 is 0 Å². The number of aromatic amines is 2. The molecule has 4 aromatic rings. The van der Waals surface area contributed by atoms with Gasteiger partial charge in [-0.15, -0.1) is 6.42 Å². The van der Waals surface area contributed by atoms with Crippen LogP contribution >= 0.6 is 0 Å². The smallest absolute Gasteiger partial charge is 0.220 e. The minimum absolute atomic E-state index is 0. The van der Waals surface area contributed by atoms with Gasteiger partial charge in [0.05, 0.1) is 0 Å². The number of aromatic nitrogens is 2. The molecule has 81 heavy (non-hydrogen) atoms. The van der Waals surface area contributed by atoms with E-state index in [0.29, 0.717) is 63.7 Å². The molecule has 0 aliphatic rings. The Hall–Kier alpha value is -5.46. The van der Waals surface area contributed by atoms with Gasteiger partial charge in [0.2, 0.25) is 41.4 Å². The summed E-state index contributed by atoms with van der Waals surface area (Å²) >= 11 is 0. The molecule has 0 bridgehead atoms. The number of hydrogen-bond donors (Lipinski definition) is 10. The zero-order valence-electron chi connectivity index (χ0n) is 50.0. The fourth-order valence-electron chi connectivity index (χ4n) is 10.2. The van der Waals surface area contributed by atoms with Crippen LogP contribution in [-0.2, 0) is 83.9 Å². The average molecular weight is 1200 g/mol. The molecule has 0 spiro atoms. The van der Waals surface area contributed by atoms with Gasteiger partial charge in [-0.3, -0.25) is 39.8 Å². The first-order valence-electron chi connectivity index (χ1n) is 29.3. The van der Waals surface area contributed by atoms with Crippen LogP contribution in [0, 0.1) is 17.8 Å². The van der Waals surface area contributed by atoms with Crippen molar-refractivity contribution >= 4 is 69.4 Å². The van der Waals surface area contributed by atoms with E-state index in [0.717, 1.165) is 39.4 Å². The van der Waals surface area contributed by atoms with Crippen molar-refractivity contribution in [2.45, 2.75) is 220 Å². The Balaban J connectivity index is 0.0000172. The Labute approximate surface area is 506 Å². The Morgan fingerprint density at radius 3 is 1.11 bits per heavy atom. The van der Waals surface area contributed by atoms with Crippen LogP contribution in [0.15, 0.2) is 60.9 Å². The van der Waals surface area contributed by atoms with E-state index in [1.165, 1.54) is 0 Å². The maximum Gasteiger partial charge on any atom is 0.220 e. The van der Waals surface area contributed by atoms with Crippen molar-refractivity contribution in [2.24, 2.45) is 17.8 Å². The minimum atomic E-state index is -0.356. The number of para-hydroxylation sites is 2. The van der Waals surface area contributed by atoms with Crippen molar-refractivity contribution in [3.8, 4) is 0 Å². The van der Waals surface area contributed by atoms with Crippen LogP contribution in [0.4, 0.5) is 0 Å². The molecule has 2 heterocycles. The van der Waals surface area contributed by atoms with Gasteiger partial charge >= 0.3 is 0 Å². The van der Waals surface area contributed by atoms with E-state index in [-0.39, 0.29) is 179 Å². The Morgan fingerprint density at radius 2 is 0.741 bits per heavy atom. The summed E-state index contributed by atoms with van der Waals surface area (Å²) in [6.45, 7) is 17.7. The number of carbonyl (C=O) groups excluding carboxylic acids is 8. The number of benzene rings is 2. The van der Waals surface area contributed by atoms with Crippen LogP contribution in [0.2, 0.25) is 0 Å². The third-order valence-corrected chi connectivity index (χ3v) is 15.2. The van der Waals surface area contributed by atoms with Gasteiger partial charge in [0, 0.05) is 160 Å². The predicted octanol–water partition coefficient (Wildman–Crippen LogP) is 7.40. The summed E-state index contributed by atoms with van der Waals surface area (Å²) in [7, 11) is 1.91. The molecule has 18 nitrogen and oxygen atoms in total. The number of carbonyl (C=O) groups is 7. The van der Waals surface area contributed by atoms with Crippen molar-refractivity contribution < 1.29 is 71.1 Å². The number of rotatable bonds is 38. The predicted molar refractivity (Wildman–Crippen MR) is 317 cm³/mol. The van der Waals surface area contributed by atoms with Gasteiger partial charge < -0.3 is 57.3 Å². The molecule has 10 N–H and O–H groups in total. The van der Waals surface area contributed by atoms with E-state index in [1.54, 1.807) is 0 Å². The SMILES string of the molecule is CN[C@H](CCC(=O)N[C@@H](C)CCC(=O)N[C@H](CCC(=O)N[C@H](CCC(=O)N[C@@H](C)CCC(=O)N[C@H](CCC(=O)N[C@@H](C)CCC(=O)N[C@H](C[C-]=O)C(C)C)Cc1c[nH]c2ccccc12)C(C)C)Cc1c[nH]c2ccccc12)C(C)C.[Y]. The summed E-state index contributed by atoms with van der Waals surface area (Å²) in [6.07, 6.45) is 11.6.